The van der Waals surface area contributed by atoms with Crippen LogP contribution in [-0.4, -0.2) is 40.9 Å². The van der Waals surface area contributed by atoms with Gasteiger partial charge >= 0.3 is 6.36 Å². The molecule has 1 aliphatic heterocycles. The average molecular weight is 476 g/mol. The van der Waals surface area contributed by atoms with Crippen LogP contribution in [-0.2, 0) is 0 Å². The van der Waals surface area contributed by atoms with Crippen LogP contribution in [0.4, 0.5) is 30.6 Å². The van der Waals surface area contributed by atoms with Gasteiger partial charge in [0.25, 0.3) is 0 Å². The molecule has 1 atom stereocenters. The molecule has 0 saturated heterocycles. The van der Waals surface area contributed by atoms with E-state index in [0.717, 1.165) is 0 Å². The zero-order chi connectivity index (χ0) is 24.3. The number of aromatic nitrogens is 2. The Balaban J connectivity index is 1.69. The van der Waals surface area contributed by atoms with Crippen molar-refractivity contribution in [1.29, 1.82) is 0 Å². The number of nitrogens with one attached hydrogen (secondary N) is 2. The van der Waals surface area contributed by atoms with Crippen molar-refractivity contribution >= 4 is 17.5 Å². The van der Waals surface area contributed by atoms with Gasteiger partial charge in [-0.3, -0.25) is 0 Å². The summed E-state index contributed by atoms with van der Waals surface area (Å²) < 4.78 is 52.8. The number of hydrogen-bond donors (Lipinski definition) is 3. The molecule has 34 heavy (non-hydrogen) atoms. The van der Waals surface area contributed by atoms with Gasteiger partial charge in [-0.05, 0) is 30.2 Å². The number of nitrogens with zero attached hydrogens (tertiary/aromatic N) is 2. The molecule has 0 fully saturated rings. The van der Waals surface area contributed by atoms with Gasteiger partial charge < -0.3 is 30.0 Å². The molecule has 2 aromatic carbocycles. The van der Waals surface area contributed by atoms with Crippen molar-refractivity contribution < 1.29 is 32.5 Å². The highest BCUT2D eigenvalue weighted by atomic mass is 19.4. The fraction of sp³-hybridized carbons (Fsp3) is 0.304. The summed E-state index contributed by atoms with van der Waals surface area (Å²) in [4.78, 5) is 8.93. The first kappa shape index (κ1) is 23.4. The molecule has 0 unspecified atom stereocenters. The largest absolute Gasteiger partial charge is 0.573 e. The maximum Gasteiger partial charge on any atom is 0.573 e. The molecule has 3 N–H and O–H groups in total. The summed E-state index contributed by atoms with van der Waals surface area (Å²) in [7, 11) is 0. The second-order valence-electron chi connectivity index (χ2n) is 7.91. The summed E-state index contributed by atoms with van der Waals surface area (Å²) in [6, 6.07) is 12.1. The third-order valence-electron chi connectivity index (χ3n) is 5.05. The monoisotopic (exact) mass is 476 g/mol. The van der Waals surface area contributed by atoms with E-state index in [2.05, 4.69) is 25.3 Å². The topological polar surface area (TPSA) is 97.8 Å². The highest BCUT2D eigenvalue weighted by molar-refractivity contribution is 5.69. The first-order chi connectivity index (χ1) is 16.2. The molecule has 0 radical (unpaired) electrons. The van der Waals surface area contributed by atoms with Crippen LogP contribution in [0.3, 0.4) is 0 Å². The minimum Gasteiger partial charge on any atom is -0.454 e. The number of hydrogen-bond acceptors (Lipinski definition) is 8. The lowest BCUT2D eigenvalue weighted by molar-refractivity contribution is -0.274. The van der Waals surface area contributed by atoms with Crippen LogP contribution in [0.5, 0.6) is 17.2 Å². The van der Waals surface area contributed by atoms with E-state index in [-0.39, 0.29) is 37.1 Å². The molecule has 11 heteroatoms. The van der Waals surface area contributed by atoms with Gasteiger partial charge in [0, 0.05) is 23.4 Å². The van der Waals surface area contributed by atoms with Gasteiger partial charge in [0.15, 0.2) is 11.5 Å². The van der Waals surface area contributed by atoms with Crippen LogP contribution in [0.2, 0.25) is 0 Å². The number of aliphatic hydroxyl groups is 1. The predicted octanol–water partition coefficient (Wildman–Crippen LogP) is 4.94. The second kappa shape index (κ2) is 9.64. The molecule has 3 aromatic rings. The number of aliphatic hydroxyl groups excluding tert-OH is 1. The Bertz CT molecular complexity index is 1160. The molecule has 0 bridgehead atoms. The van der Waals surface area contributed by atoms with E-state index in [4.69, 9.17) is 9.47 Å². The Morgan fingerprint density at radius 1 is 1.06 bits per heavy atom. The Hall–Kier alpha value is -3.73. The lowest BCUT2D eigenvalue weighted by atomic mass is 10.1. The highest BCUT2D eigenvalue weighted by Gasteiger charge is 2.31. The molecular formula is C23H23F3N4O4. The number of halogens is 3. The molecule has 0 saturated carbocycles. The van der Waals surface area contributed by atoms with E-state index in [1.54, 1.807) is 30.3 Å². The summed E-state index contributed by atoms with van der Waals surface area (Å²) in [5.41, 5.74) is 1.41. The van der Waals surface area contributed by atoms with Gasteiger partial charge in [-0.1, -0.05) is 26.0 Å². The zero-order valence-corrected chi connectivity index (χ0v) is 18.4. The van der Waals surface area contributed by atoms with Crippen LogP contribution in [0.15, 0.2) is 48.5 Å². The number of benzene rings is 2. The van der Waals surface area contributed by atoms with Crippen molar-refractivity contribution in [2.75, 3.05) is 24.0 Å². The first-order valence-corrected chi connectivity index (χ1v) is 10.5. The highest BCUT2D eigenvalue weighted by Crippen LogP contribution is 2.35. The molecule has 2 heterocycles. The quantitative estimate of drug-likeness (QED) is 0.421. The summed E-state index contributed by atoms with van der Waals surface area (Å²) in [6.07, 6.45) is -4.81. The van der Waals surface area contributed by atoms with Crippen LogP contribution < -0.4 is 24.8 Å². The van der Waals surface area contributed by atoms with E-state index in [1.165, 1.54) is 18.2 Å². The van der Waals surface area contributed by atoms with Gasteiger partial charge in [0.05, 0.1) is 18.3 Å². The lowest BCUT2D eigenvalue weighted by Crippen LogP contribution is -2.30. The van der Waals surface area contributed by atoms with Crippen molar-refractivity contribution in [2.45, 2.75) is 26.3 Å². The van der Waals surface area contributed by atoms with Crippen LogP contribution in [0.25, 0.3) is 11.3 Å². The van der Waals surface area contributed by atoms with Gasteiger partial charge in [-0.25, -0.2) is 4.98 Å². The maximum absolute atomic E-state index is 12.7. The summed E-state index contributed by atoms with van der Waals surface area (Å²) in [6.45, 7) is 3.85. The molecule has 0 amide bonds. The number of anilines is 3. The van der Waals surface area contributed by atoms with Gasteiger partial charge in [0.2, 0.25) is 12.7 Å². The Morgan fingerprint density at radius 3 is 2.59 bits per heavy atom. The van der Waals surface area contributed by atoms with Gasteiger partial charge in [-0.2, -0.15) is 4.98 Å². The average Bonchev–Trinajstić information content (AvgIpc) is 3.24. The number of alkyl halides is 3. The predicted molar refractivity (Wildman–Crippen MR) is 119 cm³/mol. The number of fused-ring (bicyclic) bond motifs is 1. The molecular weight excluding hydrogens is 453 g/mol. The summed E-state index contributed by atoms with van der Waals surface area (Å²) in [5.74, 6) is 1.50. The van der Waals surface area contributed by atoms with E-state index in [9.17, 15) is 18.3 Å². The van der Waals surface area contributed by atoms with Crippen molar-refractivity contribution in [3.63, 3.8) is 0 Å². The van der Waals surface area contributed by atoms with Gasteiger partial charge in [0.1, 0.15) is 11.6 Å². The third kappa shape index (κ3) is 5.79. The fourth-order valence-corrected chi connectivity index (χ4v) is 3.29. The Morgan fingerprint density at radius 2 is 1.85 bits per heavy atom. The smallest absolute Gasteiger partial charge is 0.454 e. The molecule has 8 nitrogen and oxygen atoms in total. The first-order valence-electron chi connectivity index (χ1n) is 10.5. The standard InChI is InChI=1S/C23H23F3N4O4/c1-13(2)18(11-31)29-22-28-17(14-4-3-5-16(8-14)34-23(24,25)26)10-21(30-22)27-15-6-7-19-20(9-15)33-12-32-19/h3-10,13,18,31H,11-12H2,1-2H3,(H2,27,28,29,30)/t18-/m1/s1. The number of ether oxygens (including phenoxy) is 3. The fourth-order valence-electron chi connectivity index (χ4n) is 3.29. The summed E-state index contributed by atoms with van der Waals surface area (Å²) >= 11 is 0. The SMILES string of the molecule is CC(C)[C@@H](CO)Nc1nc(Nc2ccc3c(c2)OCO3)cc(-c2cccc(OC(F)(F)F)c2)n1. The molecule has 1 aromatic heterocycles. The maximum atomic E-state index is 12.7. The van der Waals surface area contributed by atoms with E-state index in [0.29, 0.717) is 34.3 Å². The van der Waals surface area contributed by atoms with E-state index in [1.807, 2.05) is 13.8 Å². The number of rotatable bonds is 8. The minimum absolute atomic E-state index is 0.0750. The molecule has 4 rings (SSSR count). The van der Waals surface area contributed by atoms with E-state index < -0.39 is 6.36 Å². The Labute approximate surface area is 193 Å². The molecule has 0 spiro atoms. The van der Waals surface area contributed by atoms with Crippen molar-refractivity contribution in [3.8, 4) is 28.5 Å². The lowest BCUT2D eigenvalue weighted by Gasteiger charge is -2.21. The van der Waals surface area contributed by atoms with E-state index >= 15 is 0 Å². The molecule has 0 aliphatic carbocycles. The van der Waals surface area contributed by atoms with Crippen molar-refractivity contribution in [2.24, 2.45) is 5.92 Å². The summed E-state index contributed by atoms with van der Waals surface area (Å²) in [5, 5.41) is 15.9. The van der Waals surface area contributed by atoms with Crippen LogP contribution in [0, 0.1) is 5.92 Å². The second-order valence-corrected chi connectivity index (χ2v) is 7.91. The van der Waals surface area contributed by atoms with Crippen LogP contribution >= 0.6 is 0 Å². The van der Waals surface area contributed by atoms with Crippen molar-refractivity contribution in [3.05, 3.63) is 48.5 Å². The van der Waals surface area contributed by atoms with Crippen molar-refractivity contribution in [1.82, 2.24) is 9.97 Å². The third-order valence-corrected chi connectivity index (χ3v) is 5.05. The Kier molecular flexibility index (Phi) is 6.64. The zero-order valence-electron chi connectivity index (χ0n) is 18.4. The van der Waals surface area contributed by atoms with Gasteiger partial charge in [-0.15, -0.1) is 13.2 Å². The normalized spacial score (nSPS) is 13.6. The molecule has 180 valence electrons. The minimum atomic E-state index is -4.81. The molecule has 1 aliphatic rings. The van der Waals surface area contributed by atoms with Crippen LogP contribution in [0.1, 0.15) is 13.8 Å².